The largest absolute Gasteiger partial charge is 0.384 e. The predicted molar refractivity (Wildman–Crippen MR) is 79.0 cm³/mol. The van der Waals surface area contributed by atoms with E-state index in [0.717, 1.165) is 0 Å². The molecule has 0 aromatic heterocycles. The Morgan fingerprint density at radius 1 is 1.29 bits per heavy atom. The minimum Gasteiger partial charge on any atom is -0.384 e. The van der Waals surface area contributed by atoms with Crippen LogP contribution in [-0.2, 0) is 4.79 Å². The van der Waals surface area contributed by atoms with Gasteiger partial charge in [-0.15, -0.1) is 0 Å². The Kier molecular flexibility index (Phi) is 3.43. The molecule has 3 rings (SSSR count). The molecule has 1 heterocycles. The second kappa shape index (κ2) is 5.13. The zero-order valence-electron chi connectivity index (χ0n) is 11.2. The summed E-state index contributed by atoms with van der Waals surface area (Å²) >= 11 is 5.90. The fourth-order valence-corrected chi connectivity index (χ4v) is 2.72. The molecule has 0 saturated carbocycles. The standard InChI is InChI=1S/C16H13ClFNO2/c1-8-12-6-10(7-13(18)14(12)19-16(8)21)15(20)9-3-2-4-11(17)5-9/h2-8,15,20H,1H3,(H,19,21). The molecule has 21 heavy (non-hydrogen) atoms. The molecule has 0 bridgehead atoms. The molecule has 2 N–H and O–H groups in total. The van der Waals surface area contributed by atoms with Gasteiger partial charge in [0.2, 0.25) is 5.91 Å². The molecule has 3 nitrogen and oxygen atoms in total. The number of halogens is 2. The molecule has 0 fully saturated rings. The fraction of sp³-hybridized carbons (Fsp3) is 0.188. The van der Waals surface area contributed by atoms with E-state index < -0.39 is 17.8 Å². The molecule has 108 valence electrons. The van der Waals surface area contributed by atoms with Crippen molar-refractivity contribution < 1.29 is 14.3 Å². The van der Waals surface area contributed by atoms with Crippen LogP contribution in [0.15, 0.2) is 36.4 Å². The first-order chi connectivity index (χ1) is 9.97. The van der Waals surface area contributed by atoms with E-state index in [-0.39, 0.29) is 11.6 Å². The SMILES string of the molecule is CC1C(=O)Nc2c(F)cc(C(O)c3cccc(Cl)c3)cc21. The molecule has 2 aromatic rings. The lowest BCUT2D eigenvalue weighted by Gasteiger charge is -2.14. The van der Waals surface area contributed by atoms with Gasteiger partial charge in [0.25, 0.3) is 0 Å². The van der Waals surface area contributed by atoms with Crippen molar-refractivity contribution in [2.24, 2.45) is 0 Å². The molecular formula is C16H13ClFNO2. The summed E-state index contributed by atoms with van der Waals surface area (Å²) < 4.78 is 14.1. The van der Waals surface area contributed by atoms with Crippen molar-refractivity contribution in [3.05, 3.63) is 63.9 Å². The highest BCUT2D eigenvalue weighted by Crippen LogP contribution is 2.37. The van der Waals surface area contributed by atoms with Crippen molar-refractivity contribution in [1.82, 2.24) is 0 Å². The quantitative estimate of drug-likeness (QED) is 0.890. The Morgan fingerprint density at radius 3 is 2.76 bits per heavy atom. The zero-order chi connectivity index (χ0) is 15.1. The summed E-state index contributed by atoms with van der Waals surface area (Å²) in [4.78, 5) is 11.6. The molecule has 2 aromatic carbocycles. The van der Waals surface area contributed by atoms with Crippen LogP contribution in [0.3, 0.4) is 0 Å². The van der Waals surface area contributed by atoms with Gasteiger partial charge >= 0.3 is 0 Å². The van der Waals surface area contributed by atoms with Crippen molar-refractivity contribution in [1.29, 1.82) is 0 Å². The number of nitrogens with one attached hydrogen (secondary N) is 1. The first kappa shape index (κ1) is 14.0. The number of rotatable bonds is 2. The third-order valence-electron chi connectivity index (χ3n) is 3.73. The van der Waals surface area contributed by atoms with Crippen LogP contribution in [0.2, 0.25) is 5.02 Å². The summed E-state index contributed by atoms with van der Waals surface area (Å²) in [6, 6.07) is 9.66. The highest BCUT2D eigenvalue weighted by molar-refractivity contribution is 6.30. The molecule has 2 atom stereocenters. The van der Waals surface area contributed by atoms with E-state index in [9.17, 15) is 14.3 Å². The monoisotopic (exact) mass is 305 g/mol. The normalized spacial score (nSPS) is 18.3. The predicted octanol–water partition coefficient (Wildman–Crippen LogP) is 3.62. The lowest BCUT2D eigenvalue weighted by molar-refractivity contribution is -0.116. The summed E-state index contributed by atoms with van der Waals surface area (Å²) in [7, 11) is 0. The first-order valence-corrected chi connectivity index (χ1v) is 6.93. The van der Waals surface area contributed by atoms with E-state index in [1.54, 1.807) is 37.3 Å². The maximum atomic E-state index is 14.1. The smallest absolute Gasteiger partial charge is 0.231 e. The van der Waals surface area contributed by atoms with Gasteiger partial charge in [0, 0.05) is 5.02 Å². The van der Waals surface area contributed by atoms with Gasteiger partial charge in [0.05, 0.1) is 11.6 Å². The van der Waals surface area contributed by atoms with Gasteiger partial charge < -0.3 is 10.4 Å². The van der Waals surface area contributed by atoms with Crippen LogP contribution < -0.4 is 5.32 Å². The number of hydrogen-bond donors (Lipinski definition) is 2. The second-order valence-electron chi connectivity index (χ2n) is 5.14. The van der Waals surface area contributed by atoms with Gasteiger partial charge in [-0.25, -0.2) is 4.39 Å². The lowest BCUT2D eigenvalue weighted by atomic mass is 9.95. The molecule has 0 saturated heterocycles. The maximum absolute atomic E-state index is 14.1. The van der Waals surface area contributed by atoms with Crippen molar-refractivity contribution in [3.63, 3.8) is 0 Å². The van der Waals surface area contributed by atoms with Crippen molar-refractivity contribution >= 4 is 23.2 Å². The third kappa shape index (κ3) is 2.41. The van der Waals surface area contributed by atoms with E-state index in [0.29, 0.717) is 21.7 Å². The molecule has 0 radical (unpaired) electrons. The summed E-state index contributed by atoms with van der Waals surface area (Å²) in [5.74, 6) is -1.21. The lowest BCUT2D eigenvalue weighted by Crippen LogP contribution is -2.08. The highest BCUT2D eigenvalue weighted by Gasteiger charge is 2.30. The Morgan fingerprint density at radius 2 is 2.05 bits per heavy atom. The van der Waals surface area contributed by atoms with E-state index >= 15 is 0 Å². The van der Waals surface area contributed by atoms with Gasteiger partial charge in [0.15, 0.2) is 0 Å². The van der Waals surface area contributed by atoms with Crippen LogP contribution in [0.5, 0.6) is 0 Å². The summed E-state index contributed by atoms with van der Waals surface area (Å²) in [5, 5.41) is 13.4. The van der Waals surface area contributed by atoms with Gasteiger partial charge in [-0.05, 0) is 47.9 Å². The molecule has 5 heteroatoms. The third-order valence-corrected chi connectivity index (χ3v) is 3.97. The summed E-state index contributed by atoms with van der Waals surface area (Å²) in [5.41, 5.74) is 1.74. The number of hydrogen-bond acceptors (Lipinski definition) is 2. The number of carbonyl (C=O) groups is 1. The molecule has 1 aliphatic heterocycles. The summed E-state index contributed by atoms with van der Waals surface area (Å²) in [6.45, 7) is 1.70. The average Bonchev–Trinajstić information content (AvgIpc) is 2.75. The number of aliphatic hydroxyl groups is 1. The summed E-state index contributed by atoms with van der Waals surface area (Å²) in [6.07, 6.45) is -0.994. The minimum absolute atomic E-state index is 0.203. The molecule has 1 aliphatic rings. The van der Waals surface area contributed by atoms with Crippen LogP contribution in [0.4, 0.5) is 10.1 Å². The van der Waals surface area contributed by atoms with Gasteiger partial charge in [0.1, 0.15) is 11.9 Å². The Bertz CT molecular complexity index is 732. The Balaban J connectivity index is 2.05. The number of fused-ring (bicyclic) bond motifs is 1. The van der Waals surface area contributed by atoms with Crippen molar-refractivity contribution in [3.8, 4) is 0 Å². The fourth-order valence-electron chi connectivity index (χ4n) is 2.52. The van der Waals surface area contributed by atoms with E-state index in [4.69, 9.17) is 11.6 Å². The topological polar surface area (TPSA) is 49.3 Å². The van der Waals surface area contributed by atoms with Gasteiger partial charge in [-0.2, -0.15) is 0 Å². The van der Waals surface area contributed by atoms with Crippen LogP contribution in [-0.4, -0.2) is 11.0 Å². The van der Waals surface area contributed by atoms with Gasteiger partial charge in [-0.3, -0.25) is 4.79 Å². The number of amides is 1. The van der Waals surface area contributed by atoms with Crippen LogP contribution in [0, 0.1) is 5.82 Å². The number of benzene rings is 2. The molecular weight excluding hydrogens is 293 g/mol. The van der Waals surface area contributed by atoms with Crippen LogP contribution >= 0.6 is 11.6 Å². The minimum atomic E-state index is -0.994. The first-order valence-electron chi connectivity index (χ1n) is 6.55. The van der Waals surface area contributed by atoms with Crippen molar-refractivity contribution in [2.45, 2.75) is 18.9 Å². The average molecular weight is 306 g/mol. The number of aliphatic hydroxyl groups excluding tert-OH is 1. The Labute approximate surface area is 126 Å². The molecule has 2 unspecified atom stereocenters. The van der Waals surface area contributed by atoms with Crippen molar-refractivity contribution in [2.75, 3.05) is 5.32 Å². The zero-order valence-corrected chi connectivity index (χ0v) is 12.0. The molecule has 0 aliphatic carbocycles. The molecule has 0 spiro atoms. The van der Waals surface area contributed by atoms with Crippen LogP contribution in [0.1, 0.15) is 35.6 Å². The second-order valence-corrected chi connectivity index (χ2v) is 5.57. The van der Waals surface area contributed by atoms with E-state index in [1.807, 2.05) is 0 Å². The number of anilines is 1. The Hall–Kier alpha value is -1.91. The highest BCUT2D eigenvalue weighted by atomic mass is 35.5. The van der Waals surface area contributed by atoms with Gasteiger partial charge in [-0.1, -0.05) is 23.7 Å². The molecule has 1 amide bonds. The number of carbonyl (C=O) groups excluding carboxylic acids is 1. The van der Waals surface area contributed by atoms with E-state index in [2.05, 4.69) is 5.32 Å². The van der Waals surface area contributed by atoms with E-state index in [1.165, 1.54) is 6.07 Å². The van der Waals surface area contributed by atoms with Crippen LogP contribution in [0.25, 0.3) is 0 Å². The maximum Gasteiger partial charge on any atom is 0.231 e.